The first-order chi connectivity index (χ1) is 11.6. The van der Waals surface area contributed by atoms with Gasteiger partial charge in [-0.1, -0.05) is 48.0 Å². The Morgan fingerprint density at radius 1 is 1.17 bits per heavy atom. The summed E-state index contributed by atoms with van der Waals surface area (Å²) in [7, 11) is 0. The van der Waals surface area contributed by atoms with Gasteiger partial charge in [0.1, 0.15) is 5.82 Å². The molecule has 6 heteroatoms. The summed E-state index contributed by atoms with van der Waals surface area (Å²) in [6.07, 6.45) is 1.23. The summed E-state index contributed by atoms with van der Waals surface area (Å²) in [5.41, 5.74) is 2.63. The fraction of sp³-hybridized carbons (Fsp3) is 0.111. The van der Waals surface area contributed by atoms with Gasteiger partial charge in [0.15, 0.2) is 0 Å². The molecular formula is C18H15Cl2N3O. The van der Waals surface area contributed by atoms with Crippen LogP contribution in [0.25, 0.3) is 11.0 Å². The van der Waals surface area contributed by atoms with Crippen LogP contribution in [-0.4, -0.2) is 15.5 Å². The first kappa shape index (κ1) is 16.6. The number of rotatable bonds is 5. The lowest BCUT2D eigenvalue weighted by Gasteiger charge is -2.12. The molecule has 0 aliphatic heterocycles. The minimum atomic E-state index is -0.246. The van der Waals surface area contributed by atoms with Gasteiger partial charge in [-0.05, 0) is 30.3 Å². The number of para-hydroxylation sites is 2. The number of hydrogen-bond acceptors (Lipinski definition) is 2. The molecule has 24 heavy (non-hydrogen) atoms. The standard InChI is InChI=1S/C18H15Cl2N3O/c1-2-18(24)21-10-17-22-15-8-3-4-9-16(15)23(17)11-12-13(19)6-5-7-14(12)20/h2-9H,1,10-11H2,(H,21,24). The van der Waals surface area contributed by atoms with E-state index in [1.54, 1.807) is 12.1 Å². The van der Waals surface area contributed by atoms with Gasteiger partial charge in [-0.15, -0.1) is 0 Å². The van der Waals surface area contributed by atoms with E-state index in [4.69, 9.17) is 23.2 Å². The second-order valence-electron chi connectivity index (χ2n) is 5.23. The predicted molar refractivity (Wildman–Crippen MR) is 97.3 cm³/mol. The van der Waals surface area contributed by atoms with E-state index in [0.29, 0.717) is 23.1 Å². The molecule has 0 aliphatic carbocycles. The highest BCUT2D eigenvalue weighted by molar-refractivity contribution is 6.36. The molecule has 2 aromatic carbocycles. The van der Waals surface area contributed by atoms with Gasteiger partial charge in [0.25, 0.3) is 0 Å². The van der Waals surface area contributed by atoms with Gasteiger partial charge in [0.2, 0.25) is 5.91 Å². The van der Waals surface area contributed by atoms with E-state index in [2.05, 4.69) is 16.9 Å². The Balaban J connectivity index is 2.04. The predicted octanol–water partition coefficient (Wildman–Crippen LogP) is 4.19. The van der Waals surface area contributed by atoms with Gasteiger partial charge in [-0.25, -0.2) is 4.98 Å². The van der Waals surface area contributed by atoms with E-state index in [0.717, 1.165) is 22.4 Å². The zero-order valence-electron chi connectivity index (χ0n) is 12.8. The van der Waals surface area contributed by atoms with Crippen molar-refractivity contribution in [3.63, 3.8) is 0 Å². The SMILES string of the molecule is C=CC(=O)NCc1nc2ccccc2n1Cc1c(Cl)cccc1Cl. The van der Waals surface area contributed by atoms with E-state index in [-0.39, 0.29) is 5.91 Å². The van der Waals surface area contributed by atoms with Crippen LogP contribution in [-0.2, 0) is 17.9 Å². The largest absolute Gasteiger partial charge is 0.345 e. The fourth-order valence-electron chi connectivity index (χ4n) is 2.52. The number of imidazole rings is 1. The van der Waals surface area contributed by atoms with Crippen molar-refractivity contribution in [2.45, 2.75) is 13.1 Å². The lowest BCUT2D eigenvalue weighted by molar-refractivity contribution is -0.116. The monoisotopic (exact) mass is 359 g/mol. The average molecular weight is 360 g/mol. The highest BCUT2D eigenvalue weighted by Crippen LogP contribution is 2.27. The zero-order chi connectivity index (χ0) is 17.1. The molecular weight excluding hydrogens is 345 g/mol. The van der Waals surface area contributed by atoms with Gasteiger partial charge >= 0.3 is 0 Å². The molecule has 3 aromatic rings. The highest BCUT2D eigenvalue weighted by Gasteiger charge is 2.14. The Morgan fingerprint density at radius 3 is 2.58 bits per heavy atom. The van der Waals surface area contributed by atoms with Crippen LogP contribution in [0.3, 0.4) is 0 Å². The number of aromatic nitrogens is 2. The fourth-order valence-corrected chi connectivity index (χ4v) is 3.03. The molecule has 1 amide bonds. The van der Waals surface area contributed by atoms with Gasteiger partial charge in [-0.3, -0.25) is 4.79 Å². The van der Waals surface area contributed by atoms with E-state index < -0.39 is 0 Å². The molecule has 1 N–H and O–H groups in total. The third-order valence-corrected chi connectivity index (χ3v) is 4.43. The minimum absolute atomic E-state index is 0.246. The number of carbonyl (C=O) groups excluding carboxylic acids is 1. The van der Waals surface area contributed by atoms with Crippen LogP contribution >= 0.6 is 23.2 Å². The molecule has 1 aromatic heterocycles. The summed E-state index contributed by atoms with van der Waals surface area (Å²) in [4.78, 5) is 16.1. The molecule has 0 atom stereocenters. The highest BCUT2D eigenvalue weighted by atomic mass is 35.5. The van der Waals surface area contributed by atoms with Gasteiger partial charge in [0, 0.05) is 15.6 Å². The number of nitrogens with zero attached hydrogens (tertiary/aromatic N) is 2. The summed E-state index contributed by atoms with van der Waals surface area (Å²) in [6, 6.07) is 13.2. The summed E-state index contributed by atoms with van der Waals surface area (Å²) in [6.45, 7) is 4.22. The van der Waals surface area contributed by atoms with E-state index in [1.165, 1.54) is 6.08 Å². The van der Waals surface area contributed by atoms with Crippen molar-refractivity contribution < 1.29 is 4.79 Å². The number of carbonyl (C=O) groups is 1. The first-order valence-electron chi connectivity index (χ1n) is 7.37. The maximum atomic E-state index is 11.5. The molecule has 0 saturated carbocycles. The van der Waals surface area contributed by atoms with Gasteiger partial charge < -0.3 is 9.88 Å². The van der Waals surface area contributed by atoms with E-state index in [9.17, 15) is 4.79 Å². The molecule has 4 nitrogen and oxygen atoms in total. The maximum absolute atomic E-state index is 11.5. The molecule has 3 rings (SSSR count). The van der Waals surface area contributed by atoms with E-state index in [1.807, 2.05) is 34.9 Å². The minimum Gasteiger partial charge on any atom is -0.345 e. The molecule has 0 radical (unpaired) electrons. The van der Waals surface area contributed by atoms with Crippen molar-refractivity contribution in [1.82, 2.24) is 14.9 Å². The Bertz CT molecular complexity index is 898. The quantitative estimate of drug-likeness (QED) is 0.694. The lowest BCUT2D eigenvalue weighted by Crippen LogP contribution is -2.22. The first-order valence-corrected chi connectivity index (χ1v) is 8.13. The number of nitrogens with one attached hydrogen (secondary N) is 1. The van der Waals surface area contributed by atoms with Crippen molar-refractivity contribution >= 4 is 40.1 Å². The molecule has 0 fully saturated rings. The van der Waals surface area contributed by atoms with Crippen molar-refractivity contribution in [3.8, 4) is 0 Å². The van der Waals surface area contributed by atoms with Crippen LogP contribution in [0, 0.1) is 0 Å². The third-order valence-electron chi connectivity index (χ3n) is 3.72. The maximum Gasteiger partial charge on any atom is 0.243 e. The summed E-state index contributed by atoms with van der Waals surface area (Å²) < 4.78 is 2.01. The number of hydrogen-bond donors (Lipinski definition) is 1. The molecule has 0 aliphatic rings. The number of amides is 1. The van der Waals surface area contributed by atoms with E-state index >= 15 is 0 Å². The van der Waals surface area contributed by atoms with Crippen LogP contribution in [0.1, 0.15) is 11.4 Å². The van der Waals surface area contributed by atoms with Crippen LogP contribution in [0.2, 0.25) is 10.0 Å². The van der Waals surface area contributed by atoms with Gasteiger partial charge in [-0.2, -0.15) is 0 Å². The Hall–Kier alpha value is -2.30. The Kier molecular flexibility index (Phi) is 4.88. The lowest BCUT2D eigenvalue weighted by atomic mass is 10.2. The second kappa shape index (κ2) is 7.07. The molecule has 0 spiro atoms. The van der Waals surface area contributed by atoms with Crippen molar-refractivity contribution in [3.05, 3.63) is 76.6 Å². The van der Waals surface area contributed by atoms with Crippen LogP contribution in [0.15, 0.2) is 55.1 Å². The number of halogens is 2. The smallest absolute Gasteiger partial charge is 0.243 e. The normalized spacial score (nSPS) is 10.8. The summed E-state index contributed by atoms with van der Waals surface area (Å²) >= 11 is 12.6. The van der Waals surface area contributed by atoms with Gasteiger partial charge in [0.05, 0.1) is 24.1 Å². The molecule has 0 bridgehead atoms. The van der Waals surface area contributed by atoms with Crippen LogP contribution in [0.5, 0.6) is 0 Å². The molecule has 0 unspecified atom stereocenters. The Morgan fingerprint density at radius 2 is 1.88 bits per heavy atom. The number of benzene rings is 2. The Labute approximate surface area is 149 Å². The average Bonchev–Trinajstić information content (AvgIpc) is 2.93. The third kappa shape index (κ3) is 3.30. The summed E-state index contributed by atoms with van der Waals surface area (Å²) in [5, 5.41) is 3.96. The van der Waals surface area contributed by atoms with Crippen LogP contribution < -0.4 is 5.32 Å². The van der Waals surface area contributed by atoms with Crippen molar-refractivity contribution in [2.75, 3.05) is 0 Å². The zero-order valence-corrected chi connectivity index (χ0v) is 14.3. The summed E-state index contributed by atoms with van der Waals surface area (Å²) in [5.74, 6) is 0.478. The number of fused-ring (bicyclic) bond motifs is 1. The molecule has 0 saturated heterocycles. The second-order valence-corrected chi connectivity index (χ2v) is 6.04. The van der Waals surface area contributed by atoms with Crippen LogP contribution in [0.4, 0.5) is 0 Å². The molecule has 1 heterocycles. The van der Waals surface area contributed by atoms with Crippen molar-refractivity contribution in [2.24, 2.45) is 0 Å². The topological polar surface area (TPSA) is 46.9 Å². The van der Waals surface area contributed by atoms with Crippen molar-refractivity contribution in [1.29, 1.82) is 0 Å². The molecule has 122 valence electrons.